The topological polar surface area (TPSA) is 50.9 Å². The molecule has 2 aromatic rings. The molecule has 0 aliphatic carbocycles. The van der Waals surface area contributed by atoms with Crippen molar-refractivity contribution in [1.82, 2.24) is 10.4 Å². The average molecular weight is 304 g/mol. The highest BCUT2D eigenvalue weighted by Gasteiger charge is 2.13. The van der Waals surface area contributed by atoms with Crippen LogP contribution in [-0.4, -0.2) is 4.98 Å². The van der Waals surface area contributed by atoms with Crippen molar-refractivity contribution in [2.24, 2.45) is 5.84 Å². The zero-order chi connectivity index (χ0) is 10.7. The highest BCUT2D eigenvalue weighted by molar-refractivity contribution is 9.11. The van der Waals surface area contributed by atoms with E-state index in [0.717, 1.165) is 15.2 Å². The molecule has 0 aliphatic heterocycles. The summed E-state index contributed by atoms with van der Waals surface area (Å²) in [7, 11) is 0. The minimum atomic E-state index is 0.138. The standard InChI is InChI=1S/C9H10BrN3S2/c10-8-3-6(5-15-8)7(13-11)4-9-12-1-2-14-9/h1-3,5,7,13H,4,11H2. The number of hydrogen-bond acceptors (Lipinski definition) is 5. The van der Waals surface area contributed by atoms with Gasteiger partial charge >= 0.3 is 0 Å². The molecule has 1 atom stereocenters. The van der Waals surface area contributed by atoms with E-state index in [1.165, 1.54) is 5.56 Å². The van der Waals surface area contributed by atoms with Gasteiger partial charge in [-0.2, -0.15) is 0 Å². The summed E-state index contributed by atoms with van der Waals surface area (Å²) in [5.74, 6) is 5.55. The number of aromatic nitrogens is 1. The smallest absolute Gasteiger partial charge is 0.0944 e. The molecule has 0 aliphatic rings. The molecule has 0 radical (unpaired) electrons. The van der Waals surface area contributed by atoms with E-state index in [-0.39, 0.29) is 6.04 Å². The van der Waals surface area contributed by atoms with Gasteiger partial charge < -0.3 is 0 Å². The molecular formula is C9H10BrN3S2. The van der Waals surface area contributed by atoms with Gasteiger partial charge in [0.1, 0.15) is 0 Å². The third kappa shape index (κ3) is 2.85. The Hall–Kier alpha value is -0.270. The Labute approximate surface area is 104 Å². The summed E-state index contributed by atoms with van der Waals surface area (Å²) in [4.78, 5) is 4.25. The summed E-state index contributed by atoms with van der Waals surface area (Å²) in [5.41, 5.74) is 4.02. The molecule has 80 valence electrons. The molecule has 0 aromatic carbocycles. The van der Waals surface area contributed by atoms with Crippen molar-refractivity contribution < 1.29 is 0 Å². The van der Waals surface area contributed by atoms with Crippen LogP contribution in [0.25, 0.3) is 0 Å². The molecule has 2 rings (SSSR count). The van der Waals surface area contributed by atoms with Crippen molar-refractivity contribution in [2.75, 3.05) is 0 Å². The van der Waals surface area contributed by atoms with Gasteiger partial charge in [0.15, 0.2) is 0 Å². The van der Waals surface area contributed by atoms with E-state index in [1.54, 1.807) is 22.7 Å². The van der Waals surface area contributed by atoms with Crippen LogP contribution in [0.4, 0.5) is 0 Å². The number of nitrogens with one attached hydrogen (secondary N) is 1. The summed E-state index contributed by atoms with van der Waals surface area (Å²) in [6.07, 6.45) is 2.65. The van der Waals surface area contributed by atoms with Gasteiger partial charge in [0.25, 0.3) is 0 Å². The van der Waals surface area contributed by atoms with Crippen molar-refractivity contribution in [2.45, 2.75) is 12.5 Å². The zero-order valence-corrected chi connectivity index (χ0v) is 11.0. The molecular weight excluding hydrogens is 294 g/mol. The molecule has 2 heterocycles. The number of thiazole rings is 1. The average Bonchev–Trinajstić information content (AvgIpc) is 2.85. The Morgan fingerprint density at radius 2 is 2.40 bits per heavy atom. The van der Waals surface area contributed by atoms with Crippen LogP contribution in [0, 0.1) is 0 Å². The largest absolute Gasteiger partial charge is 0.271 e. The molecule has 0 amide bonds. The lowest BCUT2D eigenvalue weighted by Crippen LogP contribution is -2.29. The molecule has 0 bridgehead atoms. The predicted octanol–water partition coefficient (Wildman–Crippen LogP) is 2.71. The second-order valence-corrected chi connectivity index (χ2v) is 6.30. The molecule has 0 fully saturated rings. The Bertz CT molecular complexity index is 413. The maximum Gasteiger partial charge on any atom is 0.0944 e. The van der Waals surface area contributed by atoms with Crippen molar-refractivity contribution in [1.29, 1.82) is 0 Å². The van der Waals surface area contributed by atoms with Crippen LogP contribution >= 0.6 is 38.6 Å². The fourth-order valence-corrected chi connectivity index (χ4v) is 3.20. The molecule has 3 nitrogen and oxygen atoms in total. The number of nitrogens with zero attached hydrogens (tertiary/aromatic N) is 1. The fourth-order valence-electron chi connectivity index (χ4n) is 1.31. The van der Waals surface area contributed by atoms with Gasteiger partial charge in [-0.05, 0) is 32.9 Å². The van der Waals surface area contributed by atoms with Gasteiger partial charge in [-0.15, -0.1) is 22.7 Å². The van der Waals surface area contributed by atoms with E-state index in [0.29, 0.717) is 0 Å². The minimum Gasteiger partial charge on any atom is -0.271 e. The highest BCUT2D eigenvalue weighted by atomic mass is 79.9. The monoisotopic (exact) mass is 303 g/mol. The van der Waals surface area contributed by atoms with Gasteiger partial charge in [-0.25, -0.2) is 4.98 Å². The molecule has 2 aromatic heterocycles. The number of thiophene rings is 1. The number of halogens is 1. The lowest BCUT2D eigenvalue weighted by Gasteiger charge is -2.12. The van der Waals surface area contributed by atoms with E-state index in [4.69, 9.17) is 5.84 Å². The van der Waals surface area contributed by atoms with Crippen LogP contribution in [0.3, 0.4) is 0 Å². The van der Waals surface area contributed by atoms with Crippen LogP contribution in [0.15, 0.2) is 26.8 Å². The van der Waals surface area contributed by atoms with Crippen LogP contribution in [0.2, 0.25) is 0 Å². The maximum atomic E-state index is 5.55. The summed E-state index contributed by atoms with van der Waals surface area (Å²) in [5, 5.41) is 5.18. The maximum absolute atomic E-state index is 5.55. The van der Waals surface area contributed by atoms with Gasteiger partial charge in [0, 0.05) is 18.0 Å². The first kappa shape index (κ1) is 11.2. The minimum absolute atomic E-state index is 0.138. The summed E-state index contributed by atoms with van der Waals surface area (Å²) in [6.45, 7) is 0. The number of hydrogen-bond donors (Lipinski definition) is 2. The second kappa shape index (κ2) is 5.18. The molecule has 0 saturated carbocycles. The van der Waals surface area contributed by atoms with Crippen molar-refractivity contribution >= 4 is 38.6 Å². The fraction of sp³-hybridized carbons (Fsp3) is 0.222. The molecule has 0 saturated heterocycles. The number of hydrazine groups is 1. The van der Waals surface area contributed by atoms with E-state index in [2.05, 4.69) is 37.8 Å². The zero-order valence-electron chi connectivity index (χ0n) is 7.81. The first-order chi connectivity index (χ1) is 7.29. The van der Waals surface area contributed by atoms with Gasteiger partial charge in [0.05, 0.1) is 14.8 Å². The van der Waals surface area contributed by atoms with E-state index in [9.17, 15) is 0 Å². The molecule has 15 heavy (non-hydrogen) atoms. The Morgan fingerprint density at radius 3 is 2.93 bits per heavy atom. The number of rotatable bonds is 4. The number of nitrogens with two attached hydrogens (primary N) is 1. The normalized spacial score (nSPS) is 12.9. The third-order valence-electron chi connectivity index (χ3n) is 2.05. The lowest BCUT2D eigenvalue weighted by atomic mass is 10.1. The van der Waals surface area contributed by atoms with E-state index in [1.807, 2.05) is 11.6 Å². The van der Waals surface area contributed by atoms with Crippen molar-refractivity contribution in [3.63, 3.8) is 0 Å². The Balaban J connectivity index is 2.11. The molecule has 6 heteroatoms. The summed E-state index contributed by atoms with van der Waals surface area (Å²) >= 11 is 6.76. The Kier molecular flexibility index (Phi) is 3.87. The SMILES string of the molecule is NNC(Cc1nccs1)c1csc(Br)c1. The lowest BCUT2D eigenvalue weighted by molar-refractivity contribution is 0.552. The Morgan fingerprint density at radius 1 is 1.53 bits per heavy atom. The van der Waals surface area contributed by atoms with Gasteiger partial charge in [0.2, 0.25) is 0 Å². The van der Waals surface area contributed by atoms with Crippen LogP contribution in [-0.2, 0) is 6.42 Å². The summed E-state index contributed by atoms with van der Waals surface area (Å²) in [6, 6.07) is 2.22. The second-order valence-electron chi connectivity index (χ2n) is 3.03. The van der Waals surface area contributed by atoms with Crippen molar-refractivity contribution in [3.8, 4) is 0 Å². The predicted molar refractivity (Wildman–Crippen MR) is 67.9 cm³/mol. The summed E-state index contributed by atoms with van der Waals surface area (Å²) < 4.78 is 1.12. The van der Waals surface area contributed by atoms with Crippen molar-refractivity contribution in [3.05, 3.63) is 37.4 Å². The highest BCUT2D eigenvalue weighted by Crippen LogP contribution is 2.27. The van der Waals surface area contributed by atoms with Gasteiger partial charge in [-0.3, -0.25) is 11.3 Å². The first-order valence-corrected chi connectivity index (χ1v) is 6.93. The van der Waals surface area contributed by atoms with Crippen LogP contribution in [0.1, 0.15) is 16.6 Å². The van der Waals surface area contributed by atoms with Crippen LogP contribution < -0.4 is 11.3 Å². The van der Waals surface area contributed by atoms with Gasteiger partial charge in [-0.1, -0.05) is 0 Å². The van der Waals surface area contributed by atoms with E-state index >= 15 is 0 Å². The van der Waals surface area contributed by atoms with Crippen LogP contribution in [0.5, 0.6) is 0 Å². The molecule has 0 spiro atoms. The molecule has 1 unspecified atom stereocenters. The molecule has 3 N–H and O–H groups in total. The first-order valence-electron chi connectivity index (χ1n) is 4.38. The van der Waals surface area contributed by atoms with E-state index < -0.39 is 0 Å². The quantitative estimate of drug-likeness (QED) is 0.674. The third-order valence-corrected chi connectivity index (χ3v) is 4.38.